The van der Waals surface area contributed by atoms with Gasteiger partial charge in [0.05, 0.1) is 13.2 Å². The quantitative estimate of drug-likeness (QED) is 0.292. The van der Waals surface area contributed by atoms with Crippen molar-refractivity contribution < 1.29 is 14.7 Å². The van der Waals surface area contributed by atoms with Crippen LogP contribution in [-0.2, 0) is 35.7 Å². The predicted octanol–water partition coefficient (Wildman–Crippen LogP) is 5.50. The van der Waals surface area contributed by atoms with Crippen molar-refractivity contribution in [2.45, 2.75) is 98.1 Å². The molecule has 2 N–H and O–H groups in total. The van der Waals surface area contributed by atoms with Gasteiger partial charge in [-0.2, -0.15) is 5.06 Å². The van der Waals surface area contributed by atoms with Crippen LogP contribution < -0.4 is 5.32 Å². The van der Waals surface area contributed by atoms with Crippen LogP contribution in [0.15, 0.2) is 48.5 Å². The number of likely N-dealkylation sites (N-methyl/N-ethyl adjacent to an activating group) is 1. The first-order valence-corrected chi connectivity index (χ1v) is 17.3. The van der Waals surface area contributed by atoms with Crippen LogP contribution in [0.5, 0.6) is 0 Å². The molecule has 1 heterocycles. The zero-order valence-corrected chi connectivity index (χ0v) is 28.8. The normalized spacial score (nSPS) is 27.7. The number of benzene rings is 2. The first-order chi connectivity index (χ1) is 21.4. The van der Waals surface area contributed by atoms with Gasteiger partial charge in [-0.05, 0) is 84.7 Å². The van der Waals surface area contributed by atoms with Gasteiger partial charge in [0.25, 0.3) is 0 Å². The number of hydroxylamine groups is 2. The van der Waals surface area contributed by atoms with Crippen LogP contribution in [0, 0.1) is 29.1 Å². The molecular formula is C38H58N4O3. The summed E-state index contributed by atoms with van der Waals surface area (Å²) in [5.74, 6) is 2.42. The standard InChI is InChI=1S/C38H58N4O3/c1-26(2)17-30-14-13-29(18-31(30)24-41(16-15-40(6)7)22-28-11-9-8-10-12-28)23-42-36(21-33(25-43)45-42)37(44)39-35-20-32-19-34(27(35)3)38(32,4)5/h8-14,18,26-27,32-36,43H,15-17,19-25H2,1-7H3,(H,39,44)/t27-,32+,33+,34-,35-,36-/m0/s1. The fraction of sp³-hybridized carbons (Fsp3) is 0.658. The Morgan fingerprint density at radius 1 is 1.02 bits per heavy atom. The van der Waals surface area contributed by atoms with Crippen molar-refractivity contribution in [3.8, 4) is 0 Å². The van der Waals surface area contributed by atoms with Gasteiger partial charge in [0.2, 0.25) is 5.91 Å². The number of fused-ring (bicyclic) bond motifs is 2. The molecule has 2 aromatic rings. The lowest BCUT2D eigenvalue weighted by atomic mass is 9.45. The molecule has 6 atom stereocenters. The van der Waals surface area contributed by atoms with Gasteiger partial charge < -0.3 is 15.3 Å². The highest BCUT2D eigenvalue weighted by Gasteiger charge is 2.56. The molecule has 3 saturated carbocycles. The SMILES string of the molecule is CC(C)Cc1ccc(CN2O[C@@H](CO)C[C@H]2C(=O)N[C@H]2C[C@H]3C[C@@H]([C@@H]2C)C3(C)C)cc1CN(CCN(C)C)Cc1ccccc1. The van der Waals surface area contributed by atoms with Gasteiger partial charge in [0, 0.05) is 38.6 Å². The number of carbonyl (C=O) groups is 1. The average Bonchev–Trinajstić information content (AvgIpc) is 3.41. The maximum absolute atomic E-state index is 13.8. The number of nitrogens with zero attached hydrogens (tertiary/aromatic N) is 3. The highest BCUT2D eigenvalue weighted by atomic mass is 16.7. The van der Waals surface area contributed by atoms with E-state index in [1.807, 2.05) is 5.06 Å². The van der Waals surface area contributed by atoms with Crippen molar-refractivity contribution in [1.29, 1.82) is 0 Å². The third-order valence-electron chi connectivity index (χ3n) is 11.0. The molecule has 1 amide bonds. The zero-order valence-electron chi connectivity index (χ0n) is 28.8. The molecule has 0 unspecified atom stereocenters. The first kappa shape index (κ1) is 34.1. The molecule has 45 heavy (non-hydrogen) atoms. The third-order valence-corrected chi connectivity index (χ3v) is 11.0. The molecule has 6 rings (SSSR count). The lowest BCUT2D eigenvalue weighted by Gasteiger charge is -2.62. The summed E-state index contributed by atoms with van der Waals surface area (Å²) in [6.45, 7) is 15.8. The maximum Gasteiger partial charge on any atom is 0.240 e. The van der Waals surface area contributed by atoms with E-state index in [9.17, 15) is 9.90 Å². The molecule has 7 nitrogen and oxygen atoms in total. The van der Waals surface area contributed by atoms with Crippen LogP contribution in [0.4, 0.5) is 0 Å². The largest absolute Gasteiger partial charge is 0.394 e. The van der Waals surface area contributed by atoms with E-state index in [0.29, 0.717) is 42.1 Å². The van der Waals surface area contributed by atoms with Crippen molar-refractivity contribution in [2.75, 3.05) is 33.8 Å². The molecule has 248 valence electrons. The average molecular weight is 619 g/mol. The fourth-order valence-electron chi connectivity index (χ4n) is 8.17. The Kier molecular flexibility index (Phi) is 11.1. The molecule has 4 aliphatic rings. The van der Waals surface area contributed by atoms with Crippen LogP contribution >= 0.6 is 0 Å². The third kappa shape index (κ3) is 8.17. The molecule has 1 saturated heterocycles. The van der Waals surface area contributed by atoms with E-state index in [1.165, 1.54) is 23.1 Å². The summed E-state index contributed by atoms with van der Waals surface area (Å²) in [5, 5.41) is 15.3. The van der Waals surface area contributed by atoms with E-state index < -0.39 is 6.04 Å². The second-order valence-corrected chi connectivity index (χ2v) is 15.5. The van der Waals surface area contributed by atoms with Crippen LogP contribution in [-0.4, -0.2) is 77.9 Å². The summed E-state index contributed by atoms with van der Waals surface area (Å²) in [6.07, 6.45) is 3.53. The van der Waals surface area contributed by atoms with Crippen LogP contribution in [0.2, 0.25) is 0 Å². The summed E-state index contributed by atoms with van der Waals surface area (Å²) in [6, 6.07) is 17.3. The van der Waals surface area contributed by atoms with Gasteiger partial charge in [-0.1, -0.05) is 83.1 Å². The monoisotopic (exact) mass is 618 g/mol. The molecule has 0 aromatic heterocycles. The fourth-order valence-corrected chi connectivity index (χ4v) is 8.17. The van der Waals surface area contributed by atoms with Crippen LogP contribution in [0.3, 0.4) is 0 Å². The van der Waals surface area contributed by atoms with Gasteiger partial charge in [0.15, 0.2) is 0 Å². The lowest BCUT2D eigenvalue weighted by Crippen LogP contribution is -2.61. The van der Waals surface area contributed by atoms with Crippen molar-refractivity contribution >= 4 is 5.91 Å². The highest BCUT2D eigenvalue weighted by Crippen LogP contribution is 2.61. The molecule has 4 fully saturated rings. The Labute approximate surface area is 272 Å². The first-order valence-electron chi connectivity index (χ1n) is 17.3. The Balaban J connectivity index is 1.32. The number of aliphatic hydroxyl groups is 1. The second-order valence-electron chi connectivity index (χ2n) is 15.5. The number of hydrogen-bond acceptors (Lipinski definition) is 6. The van der Waals surface area contributed by atoms with Gasteiger partial charge in [-0.3, -0.25) is 14.5 Å². The van der Waals surface area contributed by atoms with Crippen molar-refractivity contribution in [2.24, 2.45) is 29.1 Å². The van der Waals surface area contributed by atoms with Gasteiger partial charge >= 0.3 is 0 Å². The topological polar surface area (TPSA) is 68.3 Å². The maximum atomic E-state index is 13.8. The van der Waals surface area contributed by atoms with Crippen molar-refractivity contribution in [3.63, 3.8) is 0 Å². The van der Waals surface area contributed by atoms with E-state index >= 15 is 0 Å². The molecule has 2 bridgehead atoms. The summed E-state index contributed by atoms with van der Waals surface area (Å²) in [5.41, 5.74) is 5.56. The van der Waals surface area contributed by atoms with Gasteiger partial charge in [-0.15, -0.1) is 0 Å². The zero-order chi connectivity index (χ0) is 32.3. The summed E-state index contributed by atoms with van der Waals surface area (Å²) < 4.78 is 0. The Morgan fingerprint density at radius 3 is 2.42 bits per heavy atom. The van der Waals surface area contributed by atoms with E-state index in [0.717, 1.165) is 44.6 Å². The predicted molar refractivity (Wildman–Crippen MR) is 181 cm³/mol. The number of aliphatic hydroxyl groups excluding tert-OH is 1. The van der Waals surface area contributed by atoms with Gasteiger partial charge in [0.1, 0.15) is 12.1 Å². The number of rotatable bonds is 14. The molecule has 0 radical (unpaired) electrons. The number of amides is 1. The number of nitrogens with one attached hydrogen (secondary N) is 1. The summed E-state index contributed by atoms with van der Waals surface area (Å²) in [7, 11) is 4.26. The molecule has 1 aliphatic heterocycles. The van der Waals surface area contributed by atoms with Crippen molar-refractivity contribution in [3.05, 3.63) is 70.8 Å². The Morgan fingerprint density at radius 2 is 1.78 bits per heavy atom. The molecule has 7 heteroatoms. The van der Waals surface area contributed by atoms with E-state index in [-0.39, 0.29) is 24.7 Å². The number of hydrogen-bond donors (Lipinski definition) is 2. The van der Waals surface area contributed by atoms with Crippen LogP contribution in [0.1, 0.15) is 76.1 Å². The van der Waals surface area contributed by atoms with E-state index in [4.69, 9.17) is 4.84 Å². The summed E-state index contributed by atoms with van der Waals surface area (Å²) >= 11 is 0. The Bertz CT molecular complexity index is 1260. The minimum atomic E-state index is -0.408. The van der Waals surface area contributed by atoms with E-state index in [2.05, 4.69) is 112 Å². The van der Waals surface area contributed by atoms with Crippen LogP contribution in [0.25, 0.3) is 0 Å². The van der Waals surface area contributed by atoms with Crippen molar-refractivity contribution in [1.82, 2.24) is 20.2 Å². The molecule has 0 spiro atoms. The van der Waals surface area contributed by atoms with Gasteiger partial charge in [-0.25, -0.2) is 0 Å². The minimum Gasteiger partial charge on any atom is -0.394 e. The Hall–Kier alpha value is -2.29. The smallest absolute Gasteiger partial charge is 0.240 e. The minimum absolute atomic E-state index is 0.0382. The summed E-state index contributed by atoms with van der Waals surface area (Å²) in [4.78, 5) is 24.7. The molecule has 3 aliphatic carbocycles. The lowest BCUT2D eigenvalue weighted by molar-refractivity contribution is -0.182. The number of carbonyl (C=O) groups excluding carboxylic acids is 1. The van der Waals surface area contributed by atoms with E-state index in [1.54, 1.807) is 0 Å². The highest BCUT2D eigenvalue weighted by molar-refractivity contribution is 5.82. The second kappa shape index (κ2) is 14.6. The molecular weight excluding hydrogens is 560 g/mol. The molecule has 2 aromatic carbocycles.